The number of nitrogens with zero attached hydrogens (tertiary/aromatic N) is 4. The zero-order valence-corrected chi connectivity index (χ0v) is 5.97. The minimum absolute atomic E-state index is 0.0189. The van der Waals surface area contributed by atoms with Crippen molar-refractivity contribution in [3.63, 3.8) is 0 Å². The zero-order chi connectivity index (χ0) is 8.55. The molecule has 0 atom stereocenters. The molecule has 0 amide bonds. The summed E-state index contributed by atoms with van der Waals surface area (Å²) in [6, 6.07) is 1.91. The second-order valence-corrected chi connectivity index (χ2v) is 2.24. The minimum atomic E-state index is -0.0189. The minimum Gasteiger partial charge on any atom is -0.493 e. The van der Waals surface area contributed by atoms with Crippen LogP contribution in [0.5, 0.6) is 5.88 Å². The van der Waals surface area contributed by atoms with Crippen molar-refractivity contribution in [2.45, 2.75) is 0 Å². The standard InChI is InChI=1S/C7H4N4O/c8-1-5-2-9-7-10-3-6(12)11(7)4-5/h2-4,12H. The highest BCUT2D eigenvalue weighted by molar-refractivity contribution is 5.37. The van der Waals surface area contributed by atoms with E-state index < -0.39 is 0 Å². The topological polar surface area (TPSA) is 74.2 Å². The van der Waals surface area contributed by atoms with Crippen molar-refractivity contribution >= 4 is 5.78 Å². The van der Waals surface area contributed by atoms with Crippen LogP contribution in [0.3, 0.4) is 0 Å². The summed E-state index contributed by atoms with van der Waals surface area (Å²) in [6.45, 7) is 0. The van der Waals surface area contributed by atoms with Crippen LogP contribution in [0.1, 0.15) is 5.56 Å². The van der Waals surface area contributed by atoms with Gasteiger partial charge < -0.3 is 5.11 Å². The summed E-state index contributed by atoms with van der Waals surface area (Å²) < 4.78 is 1.35. The van der Waals surface area contributed by atoms with E-state index in [1.54, 1.807) is 0 Å². The van der Waals surface area contributed by atoms with Gasteiger partial charge in [-0.1, -0.05) is 0 Å². The summed E-state index contributed by atoms with van der Waals surface area (Å²) in [4.78, 5) is 7.63. The SMILES string of the molecule is N#Cc1cnc2ncc(O)n2c1. The van der Waals surface area contributed by atoms with Gasteiger partial charge in [0, 0.05) is 6.20 Å². The fourth-order valence-electron chi connectivity index (χ4n) is 0.919. The first kappa shape index (κ1) is 6.61. The van der Waals surface area contributed by atoms with Crippen LogP contribution in [0.15, 0.2) is 18.6 Å². The maximum atomic E-state index is 9.18. The molecule has 1 N–H and O–H groups in total. The van der Waals surface area contributed by atoms with E-state index in [-0.39, 0.29) is 5.88 Å². The molecule has 0 radical (unpaired) electrons. The normalized spacial score (nSPS) is 9.92. The lowest BCUT2D eigenvalue weighted by molar-refractivity contribution is 0.448. The van der Waals surface area contributed by atoms with Gasteiger partial charge in [0.05, 0.1) is 18.0 Å². The molecule has 2 rings (SSSR count). The fraction of sp³-hybridized carbons (Fsp3) is 0. The summed E-state index contributed by atoms with van der Waals surface area (Å²) in [7, 11) is 0. The van der Waals surface area contributed by atoms with Gasteiger partial charge in [-0.15, -0.1) is 0 Å². The number of imidazole rings is 1. The summed E-state index contributed by atoms with van der Waals surface area (Å²) in [5, 5.41) is 17.7. The third-order valence-electron chi connectivity index (χ3n) is 1.47. The van der Waals surface area contributed by atoms with E-state index in [1.807, 2.05) is 6.07 Å². The van der Waals surface area contributed by atoms with Crippen molar-refractivity contribution < 1.29 is 5.11 Å². The Morgan fingerprint density at radius 3 is 2.92 bits per heavy atom. The zero-order valence-electron chi connectivity index (χ0n) is 5.97. The number of nitriles is 1. The summed E-state index contributed by atoms with van der Waals surface area (Å²) in [5.74, 6) is 0.362. The van der Waals surface area contributed by atoms with Crippen LogP contribution in [-0.2, 0) is 0 Å². The van der Waals surface area contributed by atoms with Crippen molar-refractivity contribution in [1.82, 2.24) is 14.4 Å². The fourth-order valence-corrected chi connectivity index (χ4v) is 0.919. The highest BCUT2D eigenvalue weighted by Crippen LogP contribution is 2.10. The van der Waals surface area contributed by atoms with Gasteiger partial charge in [0.2, 0.25) is 11.7 Å². The second kappa shape index (κ2) is 2.20. The maximum absolute atomic E-state index is 9.18. The van der Waals surface area contributed by atoms with Crippen LogP contribution in [0.4, 0.5) is 0 Å². The van der Waals surface area contributed by atoms with Crippen LogP contribution in [0, 0.1) is 11.3 Å². The number of aromatic hydroxyl groups is 1. The third kappa shape index (κ3) is 0.787. The van der Waals surface area contributed by atoms with E-state index in [1.165, 1.54) is 23.0 Å². The molecule has 5 nitrogen and oxygen atoms in total. The van der Waals surface area contributed by atoms with Gasteiger partial charge in [-0.05, 0) is 0 Å². The van der Waals surface area contributed by atoms with Crippen LogP contribution >= 0.6 is 0 Å². The highest BCUT2D eigenvalue weighted by Gasteiger charge is 2.01. The van der Waals surface area contributed by atoms with Gasteiger partial charge in [0.1, 0.15) is 6.07 Å². The molecule has 12 heavy (non-hydrogen) atoms. The van der Waals surface area contributed by atoms with E-state index in [4.69, 9.17) is 5.26 Å². The summed E-state index contributed by atoms with van der Waals surface area (Å²) in [5.41, 5.74) is 0.385. The average Bonchev–Trinajstić information content (AvgIpc) is 2.47. The van der Waals surface area contributed by atoms with Crippen LogP contribution in [0.2, 0.25) is 0 Å². The van der Waals surface area contributed by atoms with E-state index in [0.717, 1.165) is 0 Å². The molecular formula is C7H4N4O. The van der Waals surface area contributed by atoms with Crippen LogP contribution in [0.25, 0.3) is 5.78 Å². The predicted octanol–water partition coefficient (Wildman–Crippen LogP) is 0.307. The molecule has 0 aliphatic rings. The molecule has 2 aromatic rings. The third-order valence-corrected chi connectivity index (χ3v) is 1.47. The lowest BCUT2D eigenvalue weighted by Crippen LogP contribution is -1.89. The van der Waals surface area contributed by atoms with E-state index >= 15 is 0 Å². The molecule has 2 heterocycles. The number of hydrogen-bond donors (Lipinski definition) is 1. The van der Waals surface area contributed by atoms with Gasteiger partial charge in [-0.2, -0.15) is 5.26 Å². The molecular weight excluding hydrogens is 156 g/mol. The second-order valence-electron chi connectivity index (χ2n) is 2.24. The van der Waals surface area contributed by atoms with Crippen molar-refractivity contribution in [2.75, 3.05) is 0 Å². The Labute approximate surface area is 67.5 Å². The highest BCUT2D eigenvalue weighted by atomic mass is 16.3. The molecule has 0 bridgehead atoms. The molecule has 0 unspecified atom stereocenters. The molecule has 0 aliphatic carbocycles. The smallest absolute Gasteiger partial charge is 0.236 e. The van der Waals surface area contributed by atoms with Gasteiger partial charge in [0.25, 0.3) is 0 Å². The summed E-state index contributed by atoms with van der Waals surface area (Å²) >= 11 is 0. The van der Waals surface area contributed by atoms with Gasteiger partial charge in [-0.3, -0.25) is 4.40 Å². The van der Waals surface area contributed by atoms with E-state index in [0.29, 0.717) is 11.3 Å². The Morgan fingerprint density at radius 1 is 1.42 bits per heavy atom. The molecule has 0 saturated carbocycles. The van der Waals surface area contributed by atoms with Crippen molar-refractivity contribution in [3.8, 4) is 11.9 Å². The Morgan fingerprint density at radius 2 is 2.17 bits per heavy atom. The first-order valence-corrected chi connectivity index (χ1v) is 3.23. The lowest BCUT2D eigenvalue weighted by Gasteiger charge is -1.92. The molecule has 2 aromatic heterocycles. The maximum Gasteiger partial charge on any atom is 0.236 e. The monoisotopic (exact) mass is 160 g/mol. The Hall–Kier alpha value is -2.09. The quantitative estimate of drug-likeness (QED) is 0.601. The Bertz CT molecular complexity index is 468. The number of fused-ring (bicyclic) bond motifs is 1. The number of rotatable bonds is 0. The van der Waals surface area contributed by atoms with Gasteiger partial charge >= 0.3 is 0 Å². The van der Waals surface area contributed by atoms with Crippen LogP contribution < -0.4 is 0 Å². The molecule has 0 spiro atoms. The van der Waals surface area contributed by atoms with Gasteiger partial charge in [0.15, 0.2) is 0 Å². The molecule has 58 valence electrons. The molecule has 5 heteroatoms. The van der Waals surface area contributed by atoms with E-state index in [9.17, 15) is 5.11 Å². The average molecular weight is 160 g/mol. The Balaban J connectivity index is 2.82. The molecule has 0 aliphatic heterocycles. The lowest BCUT2D eigenvalue weighted by atomic mass is 10.4. The number of aromatic nitrogens is 3. The van der Waals surface area contributed by atoms with Crippen molar-refractivity contribution in [3.05, 3.63) is 24.2 Å². The van der Waals surface area contributed by atoms with Crippen LogP contribution in [-0.4, -0.2) is 19.5 Å². The van der Waals surface area contributed by atoms with Crippen molar-refractivity contribution in [2.24, 2.45) is 0 Å². The molecule has 0 aromatic carbocycles. The first-order valence-electron chi connectivity index (χ1n) is 3.23. The van der Waals surface area contributed by atoms with E-state index in [2.05, 4.69) is 9.97 Å². The molecule has 0 saturated heterocycles. The van der Waals surface area contributed by atoms with Gasteiger partial charge in [-0.25, -0.2) is 9.97 Å². The Kier molecular flexibility index (Phi) is 1.21. The number of hydrogen-bond acceptors (Lipinski definition) is 4. The predicted molar refractivity (Wildman–Crippen MR) is 39.4 cm³/mol. The first-order chi connectivity index (χ1) is 5.81. The summed E-state index contributed by atoms with van der Waals surface area (Å²) in [6.07, 6.45) is 4.16. The largest absolute Gasteiger partial charge is 0.493 e. The molecule has 0 fully saturated rings. The van der Waals surface area contributed by atoms with Crippen molar-refractivity contribution in [1.29, 1.82) is 5.26 Å².